The third-order valence-corrected chi connectivity index (χ3v) is 3.73. The molecular formula is C16H19BrFNO. The Morgan fingerprint density at radius 1 is 1.30 bits per heavy atom. The predicted molar refractivity (Wildman–Crippen MR) is 82.3 cm³/mol. The number of benzene rings is 1. The van der Waals surface area contributed by atoms with Crippen molar-refractivity contribution in [1.82, 2.24) is 5.32 Å². The maximum absolute atomic E-state index is 13.2. The zero-order valence-electron chi connectivity index (χ0n) is 11.7. The Morgan fingerprint density at radius 3 is 2.70 bits per heavy atom. The third-order valence-electron chi connectivity index (χ3n) is 3.31. The lowest BCUT2D eigenvalue weighted by Crippen LogP contribution is -2.24. The lowest BCUT2D eigenvalue weighted by atomic mass is 9.99. The normalized spacial score (nSPS) is 12.6. The van der Waals surface area contributed by atoms with E-state index in [-0.39, 0.29) is 11.9 Å². The average molecular weight is 340 g/mol. The van der Waals surface area contributed by atoms with Crippen molar-refractivity contribution in [3.8, 4) is 0 Å². The molecule has 0 bridgehead atoms. The van der Waals surface area contributed by atoms with Gasteiger partial charge in [-0.05, 0) is 77.6 Å². The van der Waals surface area contributed by atoms with Gasteiger partial charge in [0.05, 0.1) is 6.04 Å². The van der Waals surface area contributed by atoms with Crippen LogP contribution in [0.3, 0.4) is 0 Å². The van der Waals surface area contributed by atoms with Crippen LogP contribution in [0, 0.1) is 12.7 Å². The number of furan rings is 1. The van der Waals surface area contributed by atoms with Gasteiger partial charge in [0.1, 0.15) is 11.6 Å². The van der Waals surface area contributed by atoms with Gasteiger partial charge in [-0.2, -0.15) is 0 Å². The molecule has 0 aliphatic heterocycles. The summed E-state index contributed by atoms with van der Waals surface area (Å²) in [6.45, 7) is 4.99. The van der Waals surface area contributed by atoms with Crippen LogP contribution in [0.15, 0.2) is 39.4 Å². The Labute approximate surface area is 127 Å². The maximum atomic E-state index is 13.2. The second-order valence-electron chi connectivity index (χ2n) is 4.92. The average Bonchev–Trinajstić information content (AvgIpc) is 2.83. The number of hydrogen-bond acceptors (Lipinski definition) is 2. The summed E-state index contributed by atoms with van der Waals surface area (Å²) in [7, 11) is 0. The van der Waals surface area contributed by atoms with Crippen LogP contribution in [0.5, 0.6) is 0 Å². The van der Waals surface area contributed by atoms with Crippen molar-refractivity contribution in [3.05, 3.63) is 57.7 Å². The highest BCUT2D eigenvalue weighted by atomic mass is 79.9. The predicted octanol–water partition coefficient (Wildman–Crippen LogP) is 4.77. The van der Waals surface area contributed by atoms with E-state index in [4.69, 9.17) is 4.42 Å². The van der Waals surface area contributed by atoms with Crippen molar-refractivity contribution in [2.45, 2.75) is 32.7 Å². The lowest BCUT2D eigenvalue weighted by molar-refractivity contribution is 0.399. The molecule has 0 saturated heterocycles. The molecule has 1 aromatic carbocycles. The summed E-state index contributed by atoms with van der Waals surface area (Å²) >= 11 is 3.33. The molecule has 1 N–H and O–H groups in total. The highest BCUT2D eigenvalue weighted by Gasteiger charge is 2.16. The summed E-state index contributed by atoms with van der Waals surface area (Å²) in [6, 6.07) is 8.90. The van der Waals surface area contributed by atoms with Gasteiger partial charge in [-0.25, -0.2) is 4.39 Å². The fourth-order valence-corrected chi connectivity index (χ4v) is 2.53. The summed E-state index contributed by atoms with van der Waals surface area (Å²) in [5.41, 5.74) is 2.10. The van der Waals surface area contributed by atoms with E-state index in [1.54, 1.807) is 6.07 Å². The van der Waals surface area contributed by atoms with Gasteiger partial charge in [0, 0.05) is 0 Å². The molecule has 20 heavy (non-hydrogen) atoms. The van der Waals surface area contributed by atoms with Crippen molar-refractivity contribution >= 4 is 15.9 Å². The number of halogens is 2. The monoisotopic (exact) mass is 339 g/mol. The minimum Gasteiger partial charge on any atom is -0.453 e. The summed E-state index contributed by atoms with van der Waals surface area (Å²) in [4.78, 5) is 0. The highest BCUT2D eigenvalue weighted by molar-refractivity contribution is 9.10. The van der Waals surface area contributed by atoms with Crippen LogP contribution < -0.4 is 5.32 Å². The molecule has 1 atom stereocenters. The van der Waals surface area contributed by atoms with E-state index < -0.39 is 0 Å². The van der Waals surface area contributed by atoms with Gasteiger partial charge in [-0.15, -0.1) is 0 Å². The van der Waals surface area contributed by atoms with Gasteiger partial charge in [0.15, 0.2) is 4.67 Å². The Hall–Kier alpha value is -1.13. The molecule has 2 nitrogen and oxygen atoms in total. The molecule has 0 spiro atoms. The number of aryl methyl sites for hydroxylation is 1. The molecular weight excluding hydrogens is 321 g/mol. The Morgan fingerprint density at radius 2 is 2.10 bits per heavy atom. The summed E-state index contributed by atoms with van der Waals surface area (Å²) in [5.74, 6) is 0.708. The highest BCUT2D eigenvalue weighted by Crippen LogP contribution is 2.25. The van der Waals surface area contributed by atoms with E-state index >= 15 is 0 Å². The van der Waals surface area contributed by atoms with Crippen LogP contribution in [0.2, 0.25) is 0 Å². The van der Waals surface area contributed by atoms with Gasteiger partial charge in [-0.1, -0.05) is 13.0 Å². The molecule has 108 valence electrons. The molecule has 1 heterocycles. The van der Waals surface area contributed by atoms with Crippen LogP contribution >= 0.6 is 15.9 Å². The first-order valence-corrected chi connectivity index (χ1v) is 7.63. The Bertz CT molecular complexity index is 567. The molecule has 0 amide bonds. The van der Waals surface area contributed by atoms with Gasteiger partial charge < -0.3 is 9.73 Å². The second-order valence-corrected chi connectivity index (χ2v) is 5.71. The molecule has 0 aliphatic rings. The van der Waals surface area contributed by atoms with E-state index in [1.165, 1.54) is 6.07 Å². The smallest absolute Gasteiger partial charge is 0.169 e. The standard InChI is InChI=1S/C16H19BrFNO/c1-3-8-19-14(15-6-7-16(17)20-15)10-12-4-5-13(18)9-11(12)2/h4-7,9,14,19H,3,8,10H2,1-2H3. The maximum Gasteiger partial charge on any atom is 0.169 e. The Kier molecular flexibility index (Phi) is 5.38. The summed E-state index contributed by atoms with van der Waals surface area (Å²) in [6.07, 6.45) is 1.84. The van der Waals surface area contributed by atoms with Crippen LogP contribution in [-0.4, -0.2) is 6.54 Å². The number of rotatable bonds is 6. The number of hydrogen-bond donors (Lipinski definition) is 1. The minimum atomic E-state index is -0.190. The van der Waals surface area contributed by atoms with Gasteiger partial charge in [0.25, 0.3) is 0 Å². The quantitative estimate of drug-likeness (QED) is 0.819. The van der Waals surface area contributed by atoms with Crippen molar-refractivity contribution in [2.75, 3.05) is 6.54 Å². The van der Waals surface area contributed by atoms with Crippen LogP contribution in [-0.2, 0) is 6.42 Å². The molecule has 2 aromatic rings. The molecule has 4 heteroatoms. The fourth-order valence-electron chi connectivity index (χ4n) is 2.22. The van der Waals surface area contributed by atoms with E-state index in [2.05, 4.69) is 28.2 Å². The summed E-state index contributed by atoms with van der Waals surface area (Å²) in [5, 5.41) is 3.48. The van der Waals surface area contributed by atoms with Crippen molar-refractivity contribution in [1.29, 1.82) is 0 Å². The zero-order chi connectivity index (χ0) is 14.5. The second kappa shape index (κ2) is 7.04. The van der Waals surface area contributed by atoms with Crippen LogP contribution in [0.4, 0.5) is 4.39 Å². The van der Waals surface area contributed by atoms with E-state index in [9.17, 15) is 4.39 Å². The molecule has 1 unspecified atom stereocenters. The van der Waals surface area contributed by atoms with Gasteiger partial charge in [0.2, 0.25) is 0 Å². The summed E-state index contributed by atoms with van der Waals surface area (Å²) < 4.78 is 19.6. The first-order chi connectivity index (χ1) is 9.60. The molecule has 0 aliphatic carbocycles. The molecule has 1 aromatic heterocycles. The van der Waals surface area contributed by atoms with Gasteiger partial charge >= 0.3 is 0 Å². The molecule has 2 rings (SSSR count). The van der Waals surface area contributed by atoms with E-state index in [0.717, 1.165) is 40.9 Å². The van der Waals surface area contributed by atoms with Crippen LogP contribution in [0.1, 0.15) is 36.3 Å². The fraction of sp³-hybridized carbons (Fsp3) is 0.375. The third kappa shape index (κ3) is 3.93. The van der Waals surface area contributed by atoms with Crippen molar-refractivity contribution in [3.63, 3.8) is 0 Å². The first-order valence-electron chi connectivity index (χ1n) is 6.83. The van der Waals surface area contributed by atoms with Gasteiger partial charge in [-0.3, -0.25) is 0 Å². The first kappa shape index (κ1) is 15.3. The number of nitrogens with one attached hydrogen (secondary N) is 1. The molecule has 0 fully saturated rings. The van der Waals surface area contributed by atoms with E-state index in [1.807, 2.05) is 25.1 Å². The Balaban J connectivity index is 2.18. The zero-order valence-corrected chi connectivity index (χ0v) is 13.3. The SMILES string of the molecule is CCCNC(Cc1ccc(F)cc1C)c1ccc(Br)o1. The topological polar surface area (TPSA) is 25.2 Å². The van der Waals surface area contributed by atoms with Crippen molar-refractivity contribution < 1.29 is 8.81 Å². The molecule has 0 radical (unpaired) electrons. The van der Waals surface area contributed by atoms with Crippen LogP contribution in [0.25, 0.3) is 0 Å². The molecule has 0 saturated carbocycles. The lowest BCUT2D eigenvalue weighted by Gasteiger charge is -2.17. The largest absolute Gasteiger partial charge is 0.453 e. The van der Waals surface area contributed by atoms with E-state index in [0.29, 0.717) is 0 Å². The van der Waals surface area contributed by atoms with Crippen molar-refractivity contribution in [2.24, 2.45) is 0 Å². The minimum absolute atomic E-state index is 0.102.